The smallest absolute Gasteiger partial charge is 0.335 e. The highest BCUT2D eigenvalue weighted by molar-refractivity contribution is 5.90. The van der Waals surface area contributed by atoms with E-state index in [1.807, 2.05) is 0 Å². The number of carbonyl (C=O) groups is 1. The summed E-state index contributed by atoms with van der Waals surface area (Å²) in [6, 6.07) is 0. The number of hydrogen-bond donors (Lipinski definition) is 2. The lowest BCUT2D eigenvalue weighted by Crippen LogP contribution is -2.30. The second-order valence-electron chi connectivity index (χ2n) is 2.99. The summed E-state index contributed by atoms with van der Waals surface area (Å²) >= 11 is 0. The van der Waals surface area contributed by atoms with Gasteiger partial charge in [-0.1, -0.05) is 18.2 Å². The number of carboxylic acid groups (broad SMARTS) is 1. The Morgan fingerprint density at radius 1 is 1.58 bits per heavy atom. The van der Waals surface area contributed by atoms with E-state index in [1.165, 1.54) is 12.2 Å². The zero-order valence-electron chi connectivity index (χ0n) is 6.82. The SMILES string of the molecule is C[C@@]1(N)C=CC=C(C(=O)O)C=C1. The fourth-order valence-corrected chi connectivity index (χ4v) is 0.882. The van der Waals surface area contributed by atoms with Gasteiger partial charge >= 0.3 is 5.97 Å². The first kappa shape index (κ1) is 8.74. The monoisotopic (exact) mass is 165 g/mol. The number of rotatable bonds is 1. The number of aliphatic carboxylic acids is 1. The third-order valence-corrected chi connectivity index (χ3v) is 1.60. The van der Waals surface area contributed by atoms with Crippen LogP contribution in [0.4, 0.5) is 0 Å². The molecule has 0 radical (unpaired) electrons. The van der Waals surface area contributed by atoms with Gasteiger partial charge in [-0.25, -0.2) is 4.79 Å². The van der Waals surface area contributed by atoms with Gasteiger partial charge in [0.05, 0.1) is 11.1 Å². The first-order valence-corrected chi connectivity index (χ1v) is 3.62. The Morgan fingerprint density at radius 3 is 2.83 bits per heavy atom. The number of nitrogens with two attached hydrogens (primary N) is 1. The molecule has 0 bridgehead atoms. The molecule has 0 saturated carbocycles. The number of allylic oxidation sites excluding steroid dienone is 2. The molecule has 1 rings (SSSR count). The van der Waals surface area contributed by atoms with Crippen LogP contribution in [0.1, 0.15) is 6.92 Å². The molecular formula is C9H11NO2. The van der Waals surface area contributed by atoms with E-state index >= 15 is 0 Å². The first-order valence-electron chi connectivity index (χ1n) is 3.62. The van der Waals surface area contributed by atoms with Crippen molar-refractivity contribution in [3.05, 3.63) is 36.0 Å². The van der Waals surface area contributed by atoms with Crippen LogP contribution in [0.5, 0.6) is 0 Å². The zero-order valence-corrected chi connectivity index (χ0v) is 6.82. The van der Waals surface area contributed by atoms with Gasteiger partial charge in [-0.3, -0.25) is 0 Å². The third kappa shape index (κ3) is 2.07. The van der Waals surface area contributed by atoms with Crippen molar-refractivity contribution >= 4 is 5.97 Å². The molecule has 0 aromatic carbocycles. The molecule has 0 aromatic rings. The molecule has 12 heavy (non-hydrogen) atoms. The summed E-state index contributed by atoms with van der Waals surface area (Å²) in [6.45, 7) is 1.80. The van der Waals surface area contributed by atoms with Gasteiger partial charge in [-0.2, -0.15) is 0 Å². The predicted molar refractivity (Wildman–Crippen MR) is 46.6 cm³/mol. The third-order valence-electron chi connectivity index (χ3n) is 1.60. The van der Waals surface area contributed by atoms with Crippen molar-refractivity contribution < 1.29 is 9.90 Å². The molecule has 3 heteroatoms. The Balaban J connectivity index is 2.94. The molecule has 64 valence electrons. The van der Waals surface area contributed by atoms with Crippen LogP contribution < -0.4 is 5.73 Å². The normalized spacial score (nSPS) is 28.0. The Morgan fingerprint density at radius 2 is 2.25 bits per heavy atom. The van der Waals surface area contributed by atoms with Gasteiger partial charge in [0, 0.05) is 0 Å². The Bertz CT molecular complexity index is 285. The van der Waals surface area contributed by atoms with E-state index in [9.17, 15) is 4.79 Å². The summed E-state index contributed by atoms with van der Waals surface area (Å²) in [4.78, 5) is 10.5. The first-order chi connectivity index (χ1) is 5.51. The van der Waals surface area contributed by atoms with Crippen molar-refractivity contribution in [3.63, 3.8) is 0 Å². The van der Waals surface area contributed by atoms with E-state index < -0.39 is 11.5 Å². The molecule has 1 aliphatic carbocycles. The quantitative estimate of drug-likeness (QED) is 0.605. The largest absolute Gasteiger partial charge is 0.478 e. The van der Waals surface area contributed by atoms with E-state index in [0.717, 1.165) is 0 Å². The van der Waals surface area contributed by atoms with E-state index in [-0.39, 0.29) is 5.57 Å². The van der Waals surface area contributed by atoms with Gasteiger partial charge in [0.1, 0.15) is 0 Å². The molecule has 0 aromatic heterocycles. The van der Waals surface area contributed by atoms with Gasteiger partial charge in [-0.05, 0) is 19.1 Å². The van der Waals surface area contributed by atoms with Crippen LogP contribution >= 0.6 is 0 Å². The molecule has 0 amide bonds. The van der Waals surface area contributed by atoms with Crippen molar-refractivity contribution in [2.24, 2.45) is 5.73 Å². The van der Waals surface area contributed by atoms with Crippen LogP contribution in [0.2, 0.25) is 0 Å². The lowest BCUT2D eigenvalue weighted by atomic mass is 10.0. The lowest BCUT2D eigenvalue weighted by Gasteiger charge is -2.12. The molecule has 3 nitrogen and oxygen atoms in total. The highest BCUT2D eigenvalue weighted by Crippen LogP contribution is 2.11. The minimum Gasteiger partial charge on any atom is -0.478 e. The fourth-order valence-electron chi connectivity index (χ4n) is 0.882. The Hall–Kier alpha value is -1.35. The summed E-state index contributed by atoms with van der Waals surface area (Å²) in [7, 11) is 0. The standard InChI is InChI=1S/C9H11NO2/c1-9(10)5-2-3-7(4-6-9)8(11)12/h2-6H,10H2,1H3,(H,11,12)/t9-/m1/s1. The topological polar surface area (TPSA) is 63.3 Å². The zero-order chi connectivity index (χ0) is 9.19. The molecule has 0 spiro atoms. The lowest BCUT2D eigenvalue weighted by molar-refractivity contribution is -0.132. The van der Waals surface area contributed by atoms with Crippen LogP contribution in [-0.2, 0) is 4.79 Å². The van der Waals surface area contributed by atoms with Crippen molar-refractivity contribution in [1.29, 1.82) is 0 Å². The van der Waals surface area contributed by atoms with Crippen molar-refractivity contribution in [1.82, 2.24) is 0 Å². The summed E-state index contributed by atoms with van der Waals surface area (Å²) in [5.74, 6) is -0.936. The average molecular weight is 165 g/mol. The van der Waals surface area contributed by atoms with Gasteiger partial charge in [0.25, 0.3) is 0 Å². The van der Waals surface area contributed by atoms with Crippen molar-refractivity contribution in [2.75, 3.05) is 0 Å². The second kappa shape index (κ2) is 2.95. The van der Waals surface area contributed by atoms with Gasteiger partial charge in [0.2, 0.25) is 0 Å². The summed E-state index contributed by atoms with van der Waals surface area (Å²) in [5, 5.41) is 8.64. The summed E-state index contributed by atoms with van der Waals surface area (Å²) in [6.07, 6.45) is 8.11. The molecule has 0 aliphatic heterocycles. The molecule has 1 aliphatic rings. The van der Waals surface area contributed by atoms with E-state index in [1.54, 1.807) is 25.2 Å². The van der Waals surface area contributed by atoms with E-state index in [2.05, 4.69) is 0 Å². The predicted octanol–water partition coefficient (Wildman–Crippen LogP) is 0.841. The maximum Gasteiger partial charge on any atom is 0.335 e. The van der Waals surface area contributed by atoms with Crippen molar-refractivity contribution in [3.8, 4) is 0 Å². The van der Waals surface area contributed by atoms with Gasteiger partial charge in [0.15, 0.2) is 0 Å². The van der Waals surface area contributed by atoms with Crippen LogP contribution in [-0.4, -0.2) is 16.6 Å². The molecule has 1 atom stereocenters. The Labute approximate surface area is 70.9 Å². The minimum atomic E-state index is -0.936. The molecule has 0 heterocycles. The van der Waals surface area contributed by atoms with Crippen LogP contribution in [0.15, 0.2) is 36.0 Å². The minimum absolute atomic E-state index is 0.250. The molecular weight excluding hydrogens is 154 g/mol. The van der Waals surface area contributed by atoms with E-state index in [4.69, 9.17) is 10.8 Å². The number of carboxylic acids is 1. The number of hydrogen-bond acceptors (Lipinski definition) is 2. The van der Waals surface area contributed by atoms with E-state index in [0.29, 0.717) is 0 Å². The molecule has 0 unspecified atom stereocenters. The summed E-state index contributed by atoms with van der Waals surface area (Å²) in [5.41, 5.74) is 5.44. The highest BCUT2D eigenvalue weighted by atomic mass is 16.4. The summed E-state index contributed by atoms with van der Waals surface area (Å²) < 4.78 is 0. The molecule has 0 fully saturated rings. The second-order valence-corrected chi connectivity index (χ2v) is 2.99. The van der Waals surface area contributed by atoms with Gasteiger partial charge < -0.3 is 10.8 Å². The molecule has 0 saturated heterocycles. The Kier molecular flexibility index (Phi) is 2.15. The van der Waals surface area contributed by atoms with Crippen molar-refractivity contribution in [2.45, 2.75) is 12.5 Å². The van der Waals surface area contributed by atoms with Crippen LogP contribution in [0.25, 0.3) is 0 Å². The maximum absolute atomic E-state index is 10.5. The maximum atomic E-state index is 10.5. The average Bonchev–Trinajstić information content (AvgIpc) is 2.10. The van der Waals surface area contributed by atoms with Crippen LogP contribution in [0, 0.1) is 0 Å². The van der Waals surface area contributed by atoms with Gasteiger partial charge in [-0.15, -0.1) is 0 Å². The highest BCUT2D eigenvalue weighted by Gasteiger charge is 2.12. The molecule has 3 N–H and O–H groups in total. The van der Waals surface area contributed by atoms with Crippen LogP contribution in [0.3, 0.4) is 0 Å². The fraction of sp³-hybridized carbons (Fsp3) is 0.222.